The molecule has 2 aliphatic heterocycles. The number of carbonyl (C=O) groups is 2. The third-order valence-electron chi connectivity index (χ3n) is 5.77. The van der Waals surface area contributed by atoms with Crippen LogP contribution in [0.4, 0.5) is 0 Å². The van der Waals surface area contributed by atoms with E-state index in [1.165, 1.54) is 0 Å². The second kappa shape index (κ2) is 11.6. The molecule has 0 radical (unpaired) electrons. The van der Waals surface area contributed by atoms with Crippen molar-refractivity contribution in [3.05, 3.63) is 48.5 Å². The maximum atomic E-state index is 12.6. The standard InChI is InChI=1S/C25H30N2O7/c28-19(16-32-21-8-9-22-23(13-21)34-17-33-22)14-26-25(30)18-5-4-11-27(15-18)24(29)10-12-31-20-6-2-1-3-7-20/h1-3,6-9,13,18-19,28H,4-5,10-12,14-17H2,(H,26,30). The Hall–Kier alpha value is -3.46. The van der Waals surface area contributed by atoms with E-state index in [9.17, 15) is 14.7 Å². The minimum Gasteiger partial charge on any atom is -0.493 e. The van der Waals surface area contributed by atoms with Crippen LogP contribution in [0.1, 0.15) is 19.3 Å². The SMILES string of the molecule is O=C(NCC(O)COc1ccc2c(c1)OCO2)C1CCCN(C(=O)CCOc2ccccc2)C1. The van der Waals surface area contributed by atoms with E-state index in [0.29, 0.717) is 43.4 Å². The van der Waals surface area contributed by atoms with Gasteiger partial charge in [-0.15, -0.1) is 0 Å². The number of likely N-dealkylation sites (tertiary alicyclic amines) is 1. The van der Waals surface area contributed by atoms with Gasteiger partial charge >= 0.3 is 0 Å². The average Bonchev–Trinajstić information content (AvgIpc) is 3.34. The molecule has 2 amide bonds. The Balaban J connectivity index is 1.15. The van der Waals surface area contributed by atoms with Gasteiger partial charge in [-0.05, 0) is 37.1 Å². The summed E-state index contributed by atoms with van der Waals surface area (Å²) < 4.78 is 21.7. The lowest BCUT2D eigenvalue weighted by Crippen LogP contribution is -2.47. The molecule has 9 nitrogen and oxygen atoms in total. The average molecular weight is 471 g/mol. The summed E-state index contributed by atoms with van der Waals surface area (Å²) in [5.74, 6) is 2.05. The quantitative estimate of drug-likeness (QED) is 0.547. The van der Waals surface area contributed by atoms with Crippen LogP contribution in [0.5, 0.6) is 23.0 Å². The van der Waals surface area contributed by atoms with Crippen molar-refractivity contribution in [1.82, 2.24) is 10.2 Å². The van der Waals surface area contributed by atoms with Gasteiger partial charge in [0.2, 0.25) is 18.6 Å². The van der Waals surface area contributed by atoms with Crippen molar-refractivity contribution in [1.29, 1.82) is 0 Å². The summed E-state index contributed by atoms with van der Waals surface area (Å²) >= 11 is 0. The zero-order valence-corrected chi connectivity index (χ0v) is 19.0. The van der Waals surface area contributed by atoms with Gasteiger partial charge < -0.3 is 34.3 Å². The van der Waals surface area contributed by atoms with Gasteiger partial charge in [0.05, 0.1) is 18.9 Å². The molecule has 2 unspecified atom stereocenters. The fraction of sp³-hybridized carbons (Fsp3) is 0.440. The third kappa shape index (κ3) is 6.54. The van der Waals surface area contributed by atoms with Crippen LogP contribution in [0.15, 0.2) is 48.5 Å². The van der Waals surface area contributed by atoms with Gasteiger partial charge in [0.15, 0.2) is 11.5 Å². The molecular formula is C25H30N2O7. The topological polar surface area (TPSA) is 107 Å². The van der Waals surface area contributed by atoms with E-state index in [1.54, 1.807) is 23.1 Å². The van der Waals surface area contributed by atoms with Crippen molar-refractivity contribution in [2.45, 2.75) is 25.4 Å². The second-order valence-corrected chi connectivity index (χ2v) is 8.32. The molecule has 2 aromatic carbocycles. The molecular weight excluding hydrogens is 440 g/mol. The lowest BCUT2D eigenvalue weighted by atomic mass is 9.97. The zero-order valence-electron chi connectivity index (χ0n) is 19.0. The van der Waals surface area contributed by atoms with E-state index in [-0.39, 0.29) is 44.1 Å². The summed E-state index contributed by atoms with van der Waals surface area (Å²) in [4.78, 5) is 26.9. The van der Waals surface area contributed by atoms with Crippen molar-refractivity contribution in [3.8, 4) is 23.0 Å². The lowest BCUT2D eigenvalue weighted by Gasteiger charge is -2.32. The maximum Gasteiger partial charge on any atom is 0.231 e. The molecule has 2 atom stereocenters. The lowest BCUT2D eigenvalue weighted by molar-refractivity contribution is -0.136. The summed E-state index contributed by atoms with van der Waals surface area (Å²) in [6.07, 6.45) is 0.865. The molecule has 1 saturated heterocycles. The molecule has 0 spiro atoms. The number of aliphatic hydroxyl groups excluding tert-OH is 1. The third-order valence-corrected chi connectivity index (χ3v) is 5.77. The van der Waals surface area contributed by atoms with E-state index >= 15 is 0 Å². The molecule has 4 rings (SSSR count). The van der Waals surface area contributed by atoms with Gasteiger partial charge in [-0.25, -0.2) is 0 Å². The summed E-state index contributed by atoms with van der Waals surface area (Å²) in [7, 11) is 0. The predicted octanol–water partition coefficient (Wildman–Crippen LogP) is 1.98. The molecule has 182 valence electrons. The number of benzene rings is 2. The van der Waals surface area contributed by atoms with Crippen molar-refractivity contribution in [3.63, 3.8) is 0 Å². The molecule has 34 heavy (non-hydrogen) atoms. The van der Waals surface area contributed by atoms with Crippen LogP contribution in [-0.2, 0) is 9.59 Å². The van der Waals surface area contributed by atoms with E-state index in [2.05, 4.69) is 5.32 Å². The Labute approximate surface area is 198 Å². The highest BCUT2D eigenvalue weighted by molar-refractivity contribution is 5.81. The van der Waals surface area contributed by atoms with E-state index in [4.69, 9.17) is 18.9 Å². The van der Waals surface area contributed by atoms with Crippen LogP contribution < -0.4 is 24.3 Å². The molecule has 1 fully saturated rings. The predicted molar refractivity (Wildman–Crippen MR) is 123 cm³/mol. The molecule has 2 N–H and O–H groups in total. The Bertz CT molecular complexity index is 969. The Morgan fingerprint density at radius 1 is 1.09 bits per heavy atom. The number of rotatable bonds is 10. The molecule has 0 aromatic heterocycles. The number of nitrogens with one attached hydrogen (secondary N) is 1. The minimum absolute atomic E-state index is 0.0226. The van der Waals surface area contributed by atoms with Crippen LogP contribution >= 0.6 is 0 Å². The highest BCUT2D eigenvalue weighted by atomic mass is 16.7. The number of para-hydroxylation sites is 1. The monoisotopic (exact) mass is 470 g/mol. The molecule has 0 saturated carbocycles. The highest BCUT2D eigenvalue weighted by Gasteiger charge is 2.28. The van der Waals surface area contributed by atoms with Crippen molar-refractivity contribution < 1.29 is 33.6 Å². The van der Waals surface area contributed by atoms with Crippen LogP contribution in [-0.4, -0.2) is 67.6 Å². The summed E-state index contributed by atoms with van der Waals surface area (Å²) in [6.45, 7) is 1.58. The second-order valence-electron chi connectivity index (χ2n) is 8.32. The number of hydrogen-bond acceptors (Lipinski definition) is 7. The fourth-order valence-corrected chi connectivity index (χ4v) is 3.93. The van der Waals surface area contributed by atoms with Gasteiger partial charge in [-0.2, -0.15) is 0 Å². The molecule has 2 aromatic rings. The Kier molecular flexibility index (Phi) is 8.08. The molecule has 9 heteroatoms. The van der Waals surface area contributed by atoms with Gasteiger partial charge in [0, 0.05) is 25.7 Å². The first-order chi connectivity index (χ1) is 16.6. The van der Waals surface area contributed by atoms with Crippen molar-refractivity contribution in [2.75, 3.05) is 39.6 Å². The maximum absolute atomic E-state index is 12.6. The number of piperidine rings is 1. The zero-order chi connectivity index (χ0) is 23.8. The Morgan fingerprint density at radius 3 is 2.76 bits per heavy atom. The number of amides is 2. The van der Waals surface area contributed by atoms with Gasteiger partial charge in [-0.3, -0.25) is 9.59 Å². The number of ether oxygens (including phenoxy) is 4. The minimum atomic E-state index is -0.870. The van der Waals surface area contributed by atoms with Gasteiger partial charge in [0.25, 0.3) is 0 Å². The normalized spacial score (nSPS) is 17.7. The highest BCUT2D eigenvalue weighted by Crippen LogP contribution is 2.35. The number of carbonyl (C=O) groups excluding carboxylic acids is 2. The fourth-order valence-electron chi connectivity index (χ4n) is 3.93. The van der Waals surface area contributed by atoms with Gasteiger partial charge in [0.1, 0.15) is 24.2 Å². The summed E-state index contributed by atoms with van der Waals surface area (Å²) in [6, 6.07) is 14.5. The van der Waals surface area contributed by atoms with Crippen LogP contribution in [0, 0.1) is 5.92 Å². The largest absolute Gasteiger partial charge is 0.493 e. The summed E-state index contributed by atoms with van der Waals surface area (Å²) in [5, 5.41) is 13.0. The Morgan fingerprint density at radius 2 is 1.91 bits per heavy atom. The van der Waals surface area contributed by atoms with E-state index in [1.807, 2.05) is 30.3 Å². The number of aliphatic hydroxyl groups is 1. The van der Waals surface area contributed by atoms with Crippen LogP contribution in [0.25, 0.3) is 0 Å². The van der Waals surface area contributed by atoms with Crippen molar-refractivity contribution >= 4 is 11.8 Å². The smallest absolute Gasteiger partial charge is 0.231 e. The van der Waals surface area contributed by atoms with Crippen LogP contribution in [0.3, 0.4) is 0 Å². The molecule has 2 aliphatic rings. The van der Waals surface area contributed by atoms with Crippen molar-refractivity contribution in [2.24, 2.45) is 5.92 Å². The summed E-state index contributed by atoms with van der Waals surface area (Å²) in [5.41, 5.74) is 0. The molecule has 2 heterocycles. The van der Waals surface area contributed by atoms with E-state index in [0.717, 1.165) is 12.2 Å². The van der Waals surface area contributed by atoms with Gasteiger partial charge in [-0.1, -0.05) is 18.2 Å². The molecule has 0 aliphatic carbocycles. The first-order valence-corrected chi connectivity index (χ1v) is 11.5. The number of fused-ring (bicyclic) bond motifs is 1. The number of hydrogen-bond donors (Lipinski definition) is 2. The number of nitrogens with zero attached hydrogens (tertiary/aromatic N) is 1. The first-order valence-electron chi connectivity index (χ1n) is 11.5. The van der Waals surface area contributed by atoms with E-state index < -0.39 is 6.10 Å². The van der Waals surface area contributed by atoms with Crippen LogP contribution in [0.2, 0.25) is 0 Å². The first kappa shape index (κ1) is 23.7. The molecule has 0 bridgehead atoms.